The number of alkyl halides is 3. The fourth-order valence-electron chi connectivity index (χ4n) is 3.73. The lowest BCUT2D eigenvalue weighted by molar-refractivity contribution is -0.139. The van der Waals surface area contributed by atoms with Crippen molar-refractivity contribution in [3.63, 3.8) is 0 Å². The number of hydrogen-bond donors (Lipinski definition) is 0. The lowest BCUT2D eigenvalue weighted by Gasteiger charge is -2.36. The van der Waals surface area contributed by atoms with Gasteiger partial charge in [0.15, 0.2) is 0 Å². The molecule has 1 atom stereocenters. The van der Waals surface area contributed by atoms with Gasteiger partial charge in [0.1, 0.15) is 16.9 Å². The van der Waals surface area contributed by atoms with Gasteiger partial charge in [-0.05, 0) is 53.9 Å². The van der Waals surface area contributed by atoms with Crippen molar-refractivity contribution in [2.45, 2.75) is 57.0 Å². The molecule has 1 heterocycles. The molecule has 0 aliphatic heterocycles. The quantitative estimate of drug-likeness (QED) is 0.415. The number of pyridine rings is 1. The molecule has 0 fully saturated rings. The lowest BCUT2D eigenvalue weighted by Crippen LogP contribution is -2.30. The van der Waals surface area contributed by atoms with E-state index in [1.165, 1.54) is 12.1 Å². The Hall–Kier alpha value is -2.07. The number of thioether (sulfide) groups is 1. The molecule has 0 bridgehead atoms. The van der Waals surface area contributed by atoms with Crippen molar-refractivity contribution >= 4 is 11.8 Å². The molecular formula is C22H22F4N2S. The van der Waals surface area contributed by atoms with Crippen molar-refractivity contribution in [1.82, 2.24) is 4.98 Å². The first kappa shape index (κ1) is 21.6. The number of halogens is 4. The topological polar surface area (TPSA) is 36.7 Å². The molecule has 0 N–H and O–H groups in total. The fraction of sp³-hybridized carbons (Fsp3) is 0.455. The van der Waals surface area contributed by atoms with Crippen LogP contribution in [0.2, 0.25) is 0 Å². The average molecular weight is 422 g/mol. The highest BCUT2D eigenvalue weighted by Crippen LogP contribution is 2.45. The summed E-state index contributed by atoms with van der Waals surface area (Å²) in [6.07, 6.45) is -3.10. The normalized spacial score (nSPS) is 17.0. The third kappa shape index (κ3) is 4.75. The predicted molar refractivity (Wildman–Crippen MR) is 105 cm³/mol. The molecular weight excluding hydrogens is 400 g/mol. The maximum Gasteiger partial charge on any atom is 0.418 e. The molecule has 2 aromatic rings. The molecule has 2 nitrogen and oxygen atoms in total. The highest BCUT2D eigenvalue weighted by molar-refractivity contribution is 7.98. The Labute approximate surface area is 172 Å². The predicted octanol–water partition coefficient (Wildman–Crippen LogP) is 6.55. The van der Waals surface area contributed by atoms with Crippen LogP contribution in [-0.4, -0.2) is 4.98 Å². The van der Waals surface area contributed by atoms with Gasteiger partial charge in [0.2, 0.25) is 0 Å². The molecule has 7 heteroatoms. The van der Waals surface area contributed by atoms with Crippen molar-refractivity contribution < 1.29 is 17.6 Å². The van der Waals surface area contributed by atoms with Gasteiger partial charge < -0.3 is 0 Å². The van der Waals surface area contributed by atoms with Gasteiger partial charge >= 0.3 is 6.18 Å². The minimum Gasteiger partial charge on any atom is -0.245 e. The van der Waals surface area contributed by atoms with Crippen molar-refractivity contribution in [3.8, 4) is 6.07 Å². The van der Waals surface area contributed by atoms with Crippen LogP contribution in [-0.2, 0) is 24.8 Å². The summed E-state index contributed by atoms with van der Waals surface area (Å²) in [5, 5.41) is 9.67. The van der Waals surface area contributed by atoms with E-state index in [-0.39, 0.29) is 34.2 Å². The zero-order valence-corrected chi connectivity index (χ0v) is 17.3. The van der Waals surface area contributed by atoms with E-state index in [4.69, 9.17) is 0 Å². The largest absolute Gasteiger partial charge is 0.418 e. The molecule has 1 aromatic carbocycles. The van der Waals surface area contributed by atoms with Crippen LogP contribution < -0.4 is 0 Å². The van der Waals surface area contributed by atoms with E-state index < -0.39 is 17.3 Å². The first-order valence-electron chi connectivity index (χ1n) is 9.41. The van der Waals surface area contributed by atoms with E-state index in [9.17, 15) is 22.8 Å². The van der Waals surface area contributed by atoms with Gasteiger partial charge in [-0.2, -0.15) is 18.4 Å². The van der Waals surface area contributed by atoms with Crippen LogP contribution in [0.25, 0.3) is 0 Å². The minimum absolute atomic E-state index is 0.0945. The van der Waals surface area contributed by atoms with Gasteiger partial charge in [0.25, 0.3) is 0 Å². The van der Waals surface area contributed by atoms with E-state index in [0.29, 0.717) is 17.9 Å². The van der Waals surface area contributed by atoms with E-state index in [0.717, 1.165) is 23.7 Å². The van der Waals surface area contributed by atoms with Gasteiger partial charge in [-0.3, -0.25) is 0 Å². The number of fused-ring (bicyclic) bond motifs is 1. The van der Waals surface area contributed by atoms with Crippen LogP contribution in [0.1, 0.15) is 55.1 Å². The summed E-state index contributed by atoms with van der Waals surface area (Å²) in [6.45, 7) is 6.09. The van der Waals surface area contributed by atoms with Crippen LogP contribution in [0.4, 0.5) is 17.6 Å². The smallest absolute Gasteiger partial charge is 0.245 e. The lowest BCUT2D eigenvalue weighted by atomic mass is 9.70. The van der Waals surface area contributed by atoms with Crippen molar-refractivity contribution in [3.05, 3.63) is 58.0 Å². The van der Waals surface area contributed by atoms with Gasteiger partial charge in [-0.1, -0.05) is 32.9 Å². The third-order valence-corrected chi connectivity index (χ3v) is 6.49. The number of nitrogens with zero attached hydrogens (tertiary/aromatic N) is 2. The van der Waals surface area contributed by atoms with Crippen LogP contribution in [0, 0.1) is 28.5 Å². The van der Waals surface area contributed by atoms with Gasteiger partial charge in [0, 0.05) is 11.4 Å². The molecule has 0 unspecified atom stereocenters. The molecule has 29 heavy (non-hydrogen) atoms. The van der Waals surface area contributed by atoms with E-state index in [1.807, 2.05) is 20.8 Å². The van der Waals surface area contributed by atoms with Crippen molar-refractivity contribution in [2.24, 2.45) is 11.3 Å². The molecule has 0 saturated carbocycles. The molecule has 1 aliphatic rings. The maximum atomic E-state index is 14.0. The van der Waals surface area contributed by atoms with E-state index >= 15 is 0 Å². The average Bonchev–Trinajstić information content (AvgIpc) is 2.64. The van der Waals surface area contributed by atoms with Crippen molar-refractivity contribution in [2.75, 3.05) is 0 Å². The summed E-state index contributed by atoms with van der Waals surface area (Å²) in [5.41, 5.74) is 0.00745. The third-order valence-electron chi connectivity index (χ3n) is 5.44. The maximum absolute atomic E-state index is 14.0. The first-order valence-corrected chi connectivity index (χ1v) is 10.4. The first-order chi connectivity index (χ1) is 13.5. The Kier molecular flexibility index (Phi) is 5.96. The van der Waals surface area contributed by atoms with Crippen LogP contribution in [0.5, 0.6) is 0 Å². The second kappa shape index (κ2) is 7.98. The molecule has 0 spiro atoms. The molecule has 154 valence electrons. The summed E-state index contributed by atoms with van der Waals surface area (Å²) in [7, 11) is 0. The Morgan fingerprint density at radius 2 is 1.83 bits per heavy atom. The number of rotatable bonds is 3. The second-order valence-corrected chi connectivity index (χ2v) is 9.39. The molecule has 0 radical (unpaired) electrons. The molecule has 0 saturated heterocycles. The number of hydrogen-bond acceptors (Lipinski definition) is 3. The monoisotopic (exact) mass is 422 g/mol. The SMILES string of the molecule is CC(C)(C)[C@H]1CCc2nc(SCc3ccc(F)cc3)c(C#N)c(C(F)(F)F)c2C1. The Morgan fingerprint density at radius 1 is 1.17 bits per heavy atom. The standard InChI is InChI=1S/C22H22F4N2S/c1-21(2,3)14-6-9-18-16(10-14)19(22(24,25)26)17(11-27)20(28-18)29-12-13-4-7-15(23)8-5-13/h4-5,7-8,14H,6,9-10,12H2,1-3H3/t14-/m0/s1. The van der Waals surface area contributed by atoms with Gasteiger partial charge in [-0.15, -0.1) is 11.8 Å². The fourth-order valence-corrected chi connectivity index (χ4v) is 4.69. The van der Waals surface area contributed by atoms with Crippen LogP contribution >= 0.6 is 11.8 Å². The Morgan fingerprint density at radius 3 is 2.38 bits per heavy atom. The van der Waals surface area contributed by atoms with E-state index in [1.54, 1.807) is 18.2 Å². The highest BCUT2D eigenvalue weighted by atomic mass is 32.2. The Bertz CT molecular complexity index is 938. The molecule has 3 rings (SSSR count). The van der Waals surface area contributed by atoms with Crippen LogP contribution in [0.3, 0.4) is 0 Å². The van der Waals surface area contributed by atoms with Crippen molar-refractivity contribution in [1.29, 1.82) is 5.26 Å². The zero-order valence-electron chi connectivity index (χ0n) is 16.5. The van der Waals surface area contributed by atoms with Crippen LogP contribution in [0.15, 0.2) is 29.3 Å². The number of nitriles is 1. The summed E-state index contributed by atoms with van der Waals surface area (Å²) in [5.74, 6) is 0.0288. The number of aryl methyl sites for hydroxylation is 1. The van der Waals surface area contributed by atoms with Gasteiger partial charge in [-0.25, -0.2) is 9.37 Å². The summed E-state index contributed by atoms with van der Waals surface area (Å²) >= 11 is 1.08. The number of aromatic nitrogens is 1. The minimum atomic E-state index is -4.62. The highest BCUT2D eigenvalue weighted by Gasteiger charge is 2.42. The zero-order chi connectivity index (χ0) is 21.4. The molecule has 1 aliphatic carbocycles. The molecule has 0 amide bonds. The second-order valence-electron chi connectivity index (χ2n) is 8.42. The summed E-state index contributed by atoms with van der Waals surface area (Å²) in [4.78, 5) is 4.47. The molecule has 1 aromatic heterocycles. The summed E-state index contributed by atoms with van der Waals surface area (Å²) in [6, 6.07) is 7.51. The number of benzene rings is 1. The van der Waals surface area contributed by atoms with E-state index in [2.05, 4.69) is 4.98 Å². The van der Waals surface area contributed by atoms with Gasteiger partial charge in [0.05, 0.1) is 11.1 Å². The summed E-state index contributed by atoms with van der Waals surface area (Å²) < 4.78 is 55.1. The Balaban J connectivity index is 2.03.